The Balaban J connectivity index is 2.19. The van der Waals surface area contributed by atoms with Crippen molar-refractivity contribution in [1.29, 1.82) is 0 Å². The molecule has 0 radical (unpaired) electrons. The van der Waals surface area contributed by atoms with Crippen LogP contribution in [-0.2, 0) is 0 Å². The van der Waals surface area contributed by atoms with Gasteiger partial charge in [-0.1, -0.05) is 24.6 Å². The minimum absolute atomic E-state index is 0.148. The van der Waals surface area contributed by atoms with Crippen LogP contribution in [0.2, 0.25) is 5.02 Å². The molecule has 0 unspecified atom stereocenters. The number of ether oxygens (including phenoxy) is 1. The maximum absolute atomic E-state index is 12.3. The molecule has 0 fully saturated rings. The first-order chi connectivity index (χ1) is 11.0. The van der Waals surface area contributed by atoms with Crippen molar-refractivity contribution in [3.8, 4) is 5.75 Å². The third-order valence-electron chi connectivity index (χ3n) is 2.98. The van der Waals surface area contributed by atoms with E-state index in [0.29, 0.717) is 17.9 Å². The Kier molecular flexibility index (Phi) is 5.54. The van der Waals surface area contributed by atoms with E-state index in [2.05, 4.69) is 5.32 Å². The Bertz CT molecular complexity index is 734. The molecule has 23 heavy (non-hydrogen) atoms. The molecule has 1 N–H and O–H groups in total. The van der Waals surface area contributed by atoms with Gasteiger partial charge in [-0.15, -0.1) is 0 Å². The molecule has 7 heteroatoms. The molecule has 0 aromatic heterocycles. The van der Waals surface area contributed by atoms with Crippen molar-refractivity contribution in [2.24, 2.45) is 0 Å². The van der Waals surface area contributed by atoms with Crippen LogP contribution in [0.5, 0.6) is 5.75 Å². The second kappa shape index (κ2) is 7.60. The number of nitro benzene ring substituents is 1. The van der Waals surface area contributed by atoms with Crippen molar-refractivity contribution < 1.29 is 14.5 Å². The molecular formula is C16H15ClN2O4. The number of rotatable bonds is 6. The standard InChI is InChI=1S/C16H15ClN2O4/c1-2-8-23-13-5-3-4-11(9-13)16(20)18-15-10-12(19(21)22)6-7-14(15)17/h3-7,9-10H,2,8H2,1H3,(H,18,20). The number of nitrogens with zero attached hydrogens (tertiary/aromatic N) is 1. The highest BCUT2D eigenvalue weighted by atomic mass is 35.5. The molecule has 0 bridgehead atoms. The molecular weight excluding hydrogens is 320 g/mol. The van der Waals surface area contributed by atoms with Gasteiger partial charge in [0.25, 0.3) is 11.6 Å². The van der Waals surface area contributed by atoms with Crippen LogP contribution in [0.25, 0.3) is 0 Å². The summed E-state index contributed by atoms with van der Waals surface area (Å²) < 4.78 is 5.48. The van der Waals surface area contributed by atoms with E-state index >= 15 is 0 Å². The van der Waals surface area contributed by atoms with E-state index in [9.17, 15) is 14.9 Å². The van der Waals surface area contributed by atoms with Gasteiger partial charge in [0.05, 0.1) is 22.2 Å². The molecule has 2 rings (SSSR count). The van der Waals surface area contributed by atoms with Crippen molar-refractivity contribution in [2.45, 2.75) is 13.3 Å². The maximum atomic E-state index is 12.3. The molecule has 2 aromatic carbocycles. The molecule has 0 aliphatic heterocycles. The molecule has 6 nitrogen and oxygen atoms in total. The Labute approximate surface area is 138 Å². The molecule has 0 heterocycles. The molecule has 0 atom stereocenters. The highest BCUT2D eigenvalue weighted by Gasteiger charge is 2.13. The predicted molar refractivity (Wildman–Crippen MR) is 88.3 cm³/mol. The lowest BCUT2D eigenvalue weighted by molar-refractivity contribution is -0.384. The van der Waals surface area contributed by atoms with Crippen molar-refractivity contribution in [1.82, 2.24) is 0 Å². The minimum atomic E-state index is -0.550. The molecule has 0 saturated carbocycles. The molecule has 0 saturated heterocycles. The summed E-state index contributed by atoms with van der Waals surface area (Å²) in [7, 11) is 0. The van der Waals surface area contributed by atoms with E-state index in [0.717, 1.165) is 6.42 Å². The highest BCUT2D eigenvalue weighted by Crippen LogP contribution is 2.27. The van der Waals surface area contributed by atoms with Gasteiger partial charge in [-0.25, -0.2) is 0 Å². The van der Waals surface area contributed by atoms with Gasteiger partial charge >= 0.3 is 0 Å². The number of halogens is 1. The third kappa shape index (κ3) is 4.43. The summed E-state index contributed by atoms with van der Waals surface area (Å²) >= 11 is 5.97. The summed E-state index contributed by atoms with van der Waals surface area (Å²) in [5.41, 5.74) is 0.414. The lowest BCUT2D eigenvalue weighted by atomic mass is 10.2. The number of carbonyl (C=O) groups is 1. The van der Waals surface area contributed by atoms with E-state index in [1.165, 1.54) is 18.2 Å². The second-order valence-corrected chi connectivity index (χ2v) is 5.16. The molecule has 2 aromatic rings. The number of nitrogens with one attached hydrogen (secondary N) is 1. The fourth-order valence-corrected chi connectivity index (χ4v) is 2.03. The zero-order valence-electron chi connectivity index (χ0n) is 12.4. The van der Waals surface area contributed by atoms with Crippen LogP contribution in [0.15, 0.2) is 42.5 Å². The zero-order valence-corrected chi connectivity index (χ0v) is 13.2. The summed E-state index contributed by atoms with van der Waals surface area (Å²) in [4.78, 5) is 22.5. The van der Waals surface area contributed by atoms with E-state index in [-0.39, 0.29) is 16.4 Å². The summed E-state index contributed by atoms with van der Waals surface area (Å²) in [6.45, 7) is 2.54. The number of benzene rings is 2. The van der Waals surface area contributed by atoms with Crippen molar-refractivity contribution in [3.63, 3.8) is 0 Å². The third-order valence-corrected chi connectivity index (χ3v) is 3.31. The van der Waals surface area contributed by atoms with Crippen LogP contribution < -0.4 is 10.1 Å². The lowest BCUT2D eigenvalue weighted by Crippen LogP contribution is -2.12. The van der Waals surface area contributed by atoms with Crippen molar-refractivity contribution >= 4 is 28.9 Å². The Hall–Kier alpha value is -2.60. The summed E-state index contributed by atoms with van der Waals surface area (Å²) in [6, 6.07) is 10.6. The average Bonchev–Trinajstić information content (AvgIpc) is 2.55. The average molecular weight is 335 g/mol. The number of hydrogen-bond acceptors (Lipinski definition) is 4. The van der Waals surface area contributed by atoms with Crippen LogP contribution in [0, 0.1) is 10.1 Å². The van der Waals surface area contributed by atoms with E-state index in [1.807, 2.05) is 6.92 Å². The number of amides is 1. The van der Waals surface area contributed by atoms with Crippen LogP contribution in [0.1, 0.15) is 23.7 Å². The molecule has 1 amide bonds. The molecule has 0 spiro atoms. The number of hydrogen-bond donors (Lipinski definition) is 1. The zero-order chi connectivity index (χ0) is 16.8. The van der Waals surface area contributed by atoms with Gasteiger partial charge in [0.15, 0.2) is 0 Å². The first-order valence-corrected chi connectivity index (χ1v) is 7.37. The fourth-order valence-electron chi connectivity index (χ4n) is 1.86. The van der Waals surface area contributed by atoms with Gasteiger partial charge in [0.2, 0.25) is 0 Å². The predicted octanol–water partition coefficient (Wildman–Crippen LogP) is 4.29. The normalized spacial score (nSPS) is 10.2. The van der Waals surface area contributed by atoms with Crippen molar-refractivity contribution in [2.75, 3.05) is 11.9 Å². The largest absolute Gasteiger partial charge is 0.494 e. The SMILES string of the molecule is CCCOc1cccc(C(=O)Nc2cc([N+](=O)[O-])ccc2Cl)c1. The molecule has 0 aliphatic rings. The van der Waals surface area contributed by atoms with Gasteiger partial charge in [-0.2, -0.15) is 0 Å². The Morgan fingerprint density at radius 3 is 2.78 bits per heavy atom. The van der Waals surface area contributed by atoms with Crippen molar-refractivity contribution in [3.05, 3.63) is 63.2 Å². The van der Waals surface area contributed by atoms with Crippen LogP contribution in [0.3, 0.4) is 0 Å². The second-order valence-electron chi connectivity index (χ2n) is 4.75. The van der Waals surface area contributed by atoms with Gasteiger partial charge in [0.1, 0.15) is 5.75 Å². The first kappa shape index (κ1) is 16.8. The van der Waals surface area contributed by atoms with Crippen LogP contribution >= 0.6 is 11.6 Å². The van der Waals surface area contributed by atoms with E-state index in [4.69, 9.17) is 16.3 Å². The summed E-state index contributed by atoms with van der Waals surface area (Å²) in [5.74, 6) is 0.166. The number of anilines is 1. The topological polar surface area (TPSA) is 81.5 Å². The van der Waals surface area contributed by atoms with E-state index in [1.54, 1.807) is 24.3 Å². The minimum Gasteiger partial charge on any atom is -0.494 e. The van der Waals surface area contributed by atoms with Gasteiger partial charge in [-0.3, -0.25) is 14.9 Å². The van der Waals surface area contributed by atoms with Crippen LogP contribution in [-0.4, -0.2) is 17.4 Å². The van der Waals surface area contributed by atoms with E-state index < -0.39 is 10.8 Å². The summed E-state index contributed by atoms with van der Waals surface area (Å²) in [6.07, 6.45) is 0.861. The number of carbonyl (C=O) groups excluding carboxylic acids is 1. The maximum Gasteiger partial charge on any atom is 0.271 e. The van der Waals surface area contributed by atoms with Crippen LogP contribution in [0.4, 0.5) is 11.4 Å². The first-order valence-electron chi connectivity index (χ1n) is 6.99. The lowest BCUT2D eigenvalue weighted by Gasteiger charge is -2.09. The Morgan fingerprint density at radius 1 is 1.30 bits per heavy atom. The molecule has 120 valence electrons. The number of nitro groups is 1. The van der Waals surface area contributed by atoms with Gasteiger partial charge < -0.3 is 10.1 Å². The quantitative estimate of drug-likeness (QED) is 0.631. The monoisotopic (exact) mass is 334 g/mol. The van der Waals surface area contributed by atoms with Gasteiger partial charge in [0, 0.05) is 17.7 Å². The van der Waals surface area contributed by atoms with Gasteiger partial charge in [-0.05, 0) is 30.7 Å². The molecule has 0 aliphatic carbocycles. The summed E-state index contributed by atoms with van der Waals surface area (Å²) in [5, 5.41) is 13.6. The Morgan fingerprint density at radius 2 is 2.09 bits per heavy atom. The fraction of sp³-hybridized carbons (Fsp3) is 0.188. The highest BCUT2D eigenvalue weighted by molar-refractivity contribution is 6.34. The smallest absolute Gasteiger partial charge is 0.271 e. The number of non-ortho nitro benzene ring substituents is 1.